The monoisotopic (exact) mass is 230 g/mol. The molecule has 16 heavy (non-hydrogen) atoms. The van der Waals surface area contributed by atoms with Gasteiger partial charge in [-0.2, -0.15) is 0 Å². The summed E-state index contributed by atoms with van der Waals surface area (Å²) in [6.07, 6.45) is 0. The third-order valence-corrected chi connectivity index (χ3v) is 3.47. The number of aryl methyl sites for hydroxylation is 1. The van der Waals surface area contributed by atoms with E-state index >= 15 is 0 Å². The van der Waals surface area contributed by atoms with Crippen molar-refractivity contribution in [3.05, 3.63) is 35.7 Å². The van der Waals surface area contributed by atoms with Crippen LogP contribution in [0.25, 0.3) is 21.7 Å². The van der Waals surface area contributed by atoms with E-state index in [0.717, 1.165) is 21.7 Å². The number of fused-ring (bicyclic) bond motifs is 1. The molecular formula is C12H10N2OS. The van der Waals surface area contributed by atoms with Crippen LogP contribution in [0.4, 0.5) is 0 Å². The molecule has 0 fully saturated rings. The van der Waals surface area contributed by atoms with Gasteiger partial charge in [-0.3, -0.25) is 0 Å². The van der Waals surface area contributed by atoms with E-state index < -0.39 is 0 Å². The molecule has 1 N–H and O–H groups in total. The summed E-state index contributed by atoms with van der Waals surface area (Å²) >= 11 is 1.66. The minimum absolute atomic E-state index is 0.272. The lowest BCUT2D eigenvalue weighted by Crippen LogP contribution is -1.89. The zero-order chi connectivity index (χ0) is 11.1. The Balaban J connectivity index is 2.32. The Morgan fingerprint density at radius 1 is 1.31 bits per heavy atom. The van der Waals surface area contributed by atoms with Gasteiger partial charge in [-0.25, -0.2) is 4.98 Å². The Morgan fingerprint density at radius 2 is 2.19 bits per heavy atom. The lowest BCUT2D eigenvalue weighted by molar-refractivity contribution is 0.476. The molecule has 3 nitrogen and oxygen atoms in total. The first-order valence-electron chi connectivity index (χ1n) is 4.95. The van der Waals surface area contributed by atoms with Gasteiger partial charge in [0, 0.05) is 13.1 Å². The van der Waals surface area contributed by atoms with Crippen molar-refractivity contribution in [3.63, 3.8) is 0 Å². The molecule has 3 aromatic rings. The Hall–Kier alpha value is -1.81. The van der Waals surface area contributed by atoms with Gasteiger partial charge in [-0.15, -0.1) is 11.3 Å². The van der Waals surface area contributed by atoms with Crippen molar-refractivity contribution in [1.29, 1.82) is 0 Å². The van der Waals surface area contributed by atoms with Gasteiger partial charge in [-0.05, 0) is 23.6 Å². The molecule has 4 heteroatoms. The van der Waals surface area contributed by atoms with E-state index in [1.165, 1.54) is 0 Å². The number of aromatic hydroxyl groups is 1. The summed E-state index contributed by atoms with van der Waals surface area (Å²) in [6.45, 7) is 0. The predicted octanol–water partition coefficient (Wildman–Crippen LogP) is 3.01. The molecule has 0 unspecified atom stereocenters. The van der Waals surface area contributed by atoms with Gasteiger partial charge in [0.1, 0.15) is 5.75 Å². The Bertz CT molecular complexity index is 640. The maximum absolute atomic E-state index is 9.46. The van der Waals surface area contributed by atoms with Crippen molar-refractivity contribution in [2.75, 3.05) is 0 Å². The molecule has 3 rings (SSSR count). The van der Waals surface area contributed by atoms with Crippen LogP contribution >= 0.6 is 11.3 Å². The summed E-state index contributed by atoms with van der Waals surface area (Å²) in [7, 11) is 1.96. The fourth-order valence-electron chi connectivity index (χ4n) is 1.80. The second-order valence-corrected chi connectivity index (χ2v) is 4.59. The number of aromatic nitrogens is 2. The van der Waals surface area contributed by atoms with Crippen LogP contribution < -0.4 is 0 Å². The average Bonchev–Trinajstić information content (AvgIpc) is 2.87. The quantitative estimate of drug-likeness (QED) is 0.697. The van der Waals surface area contributed by atoms with E-state index in [0.29, 0.717) is 0 Å². The third-order valence-electron chi connectivity index (χ3n) is 2.61. The SMILES string of the molecule is Cn1c(-c2cccs2)nc2ccc(O)cc21. The molecule has 0 saturated carbocycles. The van der Waals surface area contributed by atoms with Gasteiger partial charge in [0.15, 0.2) is 5.82 Å². The summed E-state index contributed by atoms with van der Waals surface area (Å²) in [4.78, 5) is 5.70. The van der Waals surface area contributed by atoms with Gasteiger partial charge in [0.25, 0.3) is 0 Å². The topological polar surface area (TPSA) is 38.0 Å². The number of hydrogen-bond donors (Lipinski definition) is 1. The van der Waals surface area contributed by atoms with E-state index in [1.807, 2.05) is 35.2 Å². The Morgan fingerprint density at radius 3 is 2.94 bits per heavy atom. The normalized spacial score (nSPS) is 11.1. The number of thiophene rings is 1. The molecule has 0 atom stereocenters. The maximum Gasteiger partial charge on any atom is 0.150 e. The number of benzene rings is 1. The lowest BCUT2D eigenvalue weighted by atomic mass is 10.3. The molecule has 0 aliphatic carbocycles. The van der Waals surface area contributed by atoms with Crippen LogP contribution in [0.15, 0.2) is 35.7 Å². The second-order valence-electron chi connectivity index (χ2n) is 3.64. The van der Waals surface area contributed by atoms with Crippen LogP contribution in [0.1, 0.15) is 0 Å². The Kier molecular flexibility index (Phi) is 1.97. The summed E-state index contributed by atoms with van der Waals surface area (Å²) < 4.78 is 2.00. The Labute approximate surface area is 96.6 Å². The van der Waals surface area contributed by atoms with Crippen LogP contribution in [0, 0.1) is 0 Å². The zero-order valence-electron chi connectivity index (χ0n) is 8.71. The number of hydrogen-bond acceptors (Lipinski definition) is 3. The van der Waals surface area contributed by atoms with Crippen LogP contribution in [0.2, 0.25) is 0 Å². The number of rotatable bonds is 1. The van der Waals surface area contributed by atoms with Crippen molar-refractivity contribution in [2.24, 2.45) is 7.05 Å². The number of nitrogens with zero attached hydrogens (tertiary/aromatic N) is 2. The third kappa shape index (κ3) is 1.31. The highest BCUT2D eigenvalue weighted by molar-refractivity contribution is 7.13. The molecule has 0 saturated heterocycles. The molecule has 0 bridgehead atoms. The van der Waals surface area contributed by atoms with Crippen molar-refractivity contribution in [2.45, 2.75) is 0 Å². The molecule has 0 aliphatic heterocycles. The zero-order valence-corrected chi connectivity index (χ0v) is 9.53. The van der Waals surface area contributed by atoms with Crippen molar-refractivity contribution in [3.8, 4) is 16.5 Å². The number of phenolic OH excluding ortho intramolecular Hbond substituents is 1. The molecule has 2 heterocycles. The van der Waals surface area contributed by atoms with Crippen LogP contribution in [-0.4, -0.2) is 14.7 Å². The van der Waals surface area contributed by atoms with E-state index in [1.54, 1.807) is 23.5 Å². The first kappa shape index (κ1) is 9.42. The predicted molar refractivity (Wildman–Crippen MR) is 65.7 cm³/mol. The van der Waals surface area contributed by atoms with Crippen molar-refractivity contribution < 1.29 is 5.11 Å². The largest absolute Gasteiger partial charge is 0.508 e. The molecule has 80 valence electrons. The van der Waals surface area contributed by atoms with Gasteiger partial charge in [0.05, 0.1) is 15.9 Å². The minimum atomic E-state index is 0.272. The van der Waals surface area contributed by atoms with Gasteiger partial charge in [-0.1, -0.05) is 6.07 Å². The molecule has 0 radical (unpaired) electrons. The van der Waals surface area contributed by atoms with E-state index in [9.17, 15) is 5.11 Å². The highest BCUT2D eigenvalue weighted by Crippen LogP contribution is 2.28. The molecule has 0 spiro atoms. The van der Waals surface area contributed by atoms with Gasteiger partial charge >= 0.3 is 0 Å². The molecule has 1 aromatic carbocycles. The fourth-order valence-corrected chi connectivity index (χ4v) is 2.55. The summed E-state index contributed by atoms with van der Waals surface area (Å²) in [5.41, 5.74) is 1.85. The fraction of sp³-hybridized carbons (Fsp3) is 0.0833. The van der Waals surface area contributed by atoms with Gasteiger partial charge < -0.3 is 9.67 Å². The van der Waals surface area contributed by atoms with Crippen LogP contribution in [-0.2, 0) is 7.05 Å². The molecule has 0 amide bonds. The van der Waals surface area contributed by atoms with Crippen molar-refractivity contribution in [1.82, 2.24) is 9.55 Å². The standard InChI is InChI=1S/C12H10N2OS/c1-14-10-7-8(15)4-5-9(10)13-12(14)11-3-2-6-16-11/h2-7,15H,1H3. The van der Waals surface area contributed by atoms with Crippen LogP contribution in [0.5, 0.6) is 5.75 Å². The summed E-state index contributed by atoms with van der Waals surface area (Å²) in [5, 5.41) is 11.5. The van der Waals surface area contributed by atoms with Gasteiger partial charge in [0.2, 0.25) is 0 Å². The number of phenols is 1. The van der Waals surface area contributed by atoms with Crippen molar-refractivity contribution >= 4 is 22.4 Å². The van der Waals surface area contributed by atoms with E-state index in [4.69, 9.17) is 0 Å². The first-order valence-corrected chi connectivity index (χ1v) is 5.83. The highest BCUT2D eigenvalue weighted by Gasteiger charge is 2.10. The summed E-state index contributed by atoms with van der Waals surface area (Å²) in [5.74, 6) is 1.21. The van der Waals surface area contributed by atoms with Crippen LogP contribution in [0.3, 0.4) is 0 Å². The van der Waals surface area contributed by atoms with E-state index in [2.05, 4.69) is 4.98 Å². The highest BCUT2D eigenvalue weighted by atomic mass is 32.1. The number of imidazole rings is 1. The smallest absolute Gasteiger partial charge is 0.150 e. The molecule has 2 aromatic heterocycles. The summed E-state index contributed by atoms with van der Waals surface area (Å²) in [6, 6.07) is 9.29. The molecular weight excluding hydrogens is 220 g/mol. The lowest BCUT2D eigenvalue weighted by Gasteiger charge is -1.99. The van der Waals surface area contributed by atoms with E-state index in [-0.39, 0.29) is 5.75 Å². The average molecular weight is 230 g/mol. The minimum Gasteiger partial charge on any atom is -0.508 e. The maximum atomic E-state index is 9.46. The first-order chi connectivity index (χ1) is 7.75. The molecule has 0 aliphatic rings. The second kappa shape index (κ2) is 3.35.